The Kier molecular flexibility index (Phi) is 5.65. The van der Waals surface area contributed by atoms with Crippen molar-refractivity contribution in [3.05, 3.63) is 47.8 Å². The first-order valence-electron chi connectivity index (χ1n) is 11.7. The Morgan fingerprint density at radius 1 is 0.971 bits per heavy atom. The number of nitrogens with zero attached hydrogens (tertiary/aromatic N) is 5. The monoisotopic (exact) mass is 460 g/mol. The summed E-state index contributed by atoms with van der Waals surface area (Å²) in [6.45, 7) is 12.3. The van der Waals surface area contributed by atoms with Crippen LogP contribution in [-0.2, 0) is 5.41 Å². The number of hydrogen-bond donors (Lipinski definition) is 3. The molecule has 4 heterocycles. The summed E-state index contributed by atoms with van der Waals surface area (Å²) >= 11 is 0. The summed E-state index contributed by atoms with van der Waals surface area (Å²) in [6.07, 6.45) is 0. The fourth-order valence-electron chi connectivity index (χ4n) is 4.05. The van der Waals surface area contributed by atoms with Crippen LogP contribution in [-0.4, -0.2) is 63.3 Å². The highest BCUT2D eigenvalue weighted by Crippen LogP contribution is 2.29. The number of anilines is 3. The highest BCUT2D eigenvalue weighted by molar-refractivity contribution is 5.81. The van der Waals surface area contributed by atoms with Crippen molar-refractivity contribution < 1.29 is 4.74 Å². The lowest BCUT2D eigenvalue weighted by Gasteiger charge is -2.33. The van der Waals surface area contributed by atoms with Crippen molar-refractivity contribution in [1.82, 2.24) is 30.0 Å². The second-order valence-corrected chi connectivity index (χ2v) is 10.0. The molecule has 1 fully saturated rings. The molecule has 1 aromatic carbocycles. The number of ether oxygens (including phenoxy) is 1. The Morgan fingerprint density at radius 3 is 2.50 bits per heavy atom. The van der Waals surface area contributed by atoms with E-state index in [0.29, 0.717) is 23.4 Å². The Morgan fingerprint density at radius 2 is 1.76 bits per heavy atom. The van der Waals surface area contributed by atoms with Crippen molar-refractivity contribution in [3.63, 3.8) is 0 Å². The van der Waals surface area contributed by atoms with Crippen molar-refractivity contribution in [3.8, 4) is 11.8 Å². The molecule has 0 radical (unpaired) electrons. The number of rotatable bonds is 5. The molecule has 0 spiro atoms. The minimum absolute atomic E-state index is 0.0207. The van der Waals surface area contributed by atoms with E-state index < -0.39 is 0 Å². The van der Waals surface area contributed by atoms with E-state index in [1.54, 1.807) is 0 Å². The van der Waals surface area contributed by atoms with Crippen molar-refractivity contribution in [2.75, 3.05) is 43.4 Å². The summed E-state index contributed by atoms with van der Waals surface area (Å²) in [7, 11) is 2.14. The molecule has 5 rings (SSSR count). The first-order chi connectivity index (χ1) is 16.2. The van der Waals surface area contributed by atoms with E-state index in [-0.39, 0.29) is 5.41 Å². The number of piperazine rings is 1. The molecule has 0 unspecified atom stereocenters. The lowest BCUT2D eigenvalue weighted by molar-refractivity contribution is 0.311. The van der Waals surface area contributed by atoms with Crippen LogP contribution < -0.4 is 15.0 Å². The van der Waals surface area contributed by atoms with Gasteiger partial charge in [0.25, 0.3) is 0 Å². The topological polar surface area (TPSA) is 98.0 Å². The first kappa shape index (κ1) is 22.2. The quantitative estimate of drug-likeness (QED) is 0.401. The van der Waals surface area contributed by atoms with Gasteiger partial charge in [-0.2, -0.15) is 15.1 Å². The third-order valence-electron chi connectivity index (χ3n) is 6.10. The van der Waals surface area contributed by atoms with Crippen LogP contribution >= 0.6 is 0 Å². The normalized spacial score (nSPS) is 15.1. The molecule has 1 aliphatic rings. The van der Waals surface area contributed by atoms with Crippen LogP contribution in [0.15, 0.2) is 36.4 Å². The van der Waals surface area contributed by atoms with Crippen LogP contribution in [0.4, 0.5) is 17.5 Å². The van der Waals surface area contributed by atoms with Gasteiger partial charge in [0.2, 0.25) is 0 Å². The largest absolute Gasteiger partial charge is 0.424 e. The summed E-state index contributed by atoms with van der Waals surface area (Å²) in [5.41, 5.74) is 3.22. The summed E-state index contributed by atoms with van der Waals surface area (Å²) in [5, 5.41) is 12.0. The predicted molar refractivity (Wildman–Crippen MR) is 135 cm³/mol. The zero-order chi connectivity index (χ0) is 23.9. The number of likely N-dealkylation sites (N-methyl/N-ethyl adjacent to an activating group) is 1. The minimum Gasteiger partial charge on any atom is -0.424 e. The predicted octanol–water partition coefficient (Wildman–Crippen LogP) is 4.57. The van der Waals surface area contributed by atoms with Gasteiger partial charge >= 0.3 is 6.01 Å². The van der Waals surface area contributed by atoms with Gasteiger partial charge in [0.05, 0.1) is 0 Å². The minimum atomic E-state index is -0.0207. The van der Waals surface area contributed by atoms with Gasteiger partial charge in [-0.15, -0.1) is 0 Å². The Bertz CT molecular complexity index is 1290. The third kappa shape index (κ3) is 4.84. The van der Waals surface area contributed by atoms with Gasteiger partial charge < -0.3 is 24.8 Å². The second-order valence-electron chi connectivity index (χ2n) is 10.0. The van der Waals surface area contributed by atoms with Crippen LogP contribution in [0.2, 0.25) is 0 Å². The highest BCUT2D eigenvalue weighted by Gasteiger charge is 2.20. The molecule has 178 valence electrons. The van der Waals surface area contributed by atoms with Gasteiger partial charge in [-0.25, -0.2) is 0 Å². The van der Waals surface area contributed by atoms with E-state index in [1.807, 2.05) is 37.3 Å². The number of benzene rings is 1. The molecule has 0 aliphatic carbocycles. The molecule has 9 nitrogen and oxygen atoms in total. The summed E-state index contributed by atoms with van der Waals surface area (Å²) in [4.78, 5) is 17.3. The molecule has 4 aromatic rings. The molecule has 34 heavy (non-hydrogen) atoms. The molecule has 1 aliphatic heterocycles. The van der Waals surface area contributed by atoms with Gasteiger partial charge in [-0.05, 0) is 38.2 Å². The van der Waals surface area contributed by atoms with E-state index in [1.165, 1.54) is 0 Å². The zero-order valence-electron chi connectivity index (χ0n) is 20.4. The summed E-state index contributed by atoms with van der Waals surface area (Å²) in [5.74, 6) is 2.89. The maximum Gasteiger partial charge on any atom is 0.325 e. The van der Waals surface area contributed by atoms with Crippen molar-refractivity contribution in [2.24, 2.45) is 0 Å². The Labute approximate surface area is 199 Å². The maximum absolute atomic E-state index is 6.14. The zero-order valence-corrected chi connectivity index (χ0v) is 20.4. The molecule has 0 saturated carbocycles. The average Bonchev–Trinajstić information content (AvgIpc) is 3.39. The van der Waals surface area contributed by atoms with Crippen molar-refractivity contribution in [2.45, 2.75) is 33.1 Å². The highest BCUT2D eigenvalue weighted by atomic mass is 16.5. The number of aromatic amines is 2. The van der Waals surface area contributed by atoms with E-state index in [0.717, 1.165) is 54.3 Å². The number of fused-ring (bicyclic) bond motifs is 1. The fourth-order valence-corrected chi connectivity index (χ4v) is 4.05. The van der Waals surface area contributed by atoms with Gasteiger partial charge in [-0.3, -0.25) is 5.10 Å². The van der Waals surface area contributed by atoms with E-state index >= 15 is 0 Å². The van der Waals surface area contributed by atoms with Gasteiger partial charge in [0.15, 0.2) is 5.82 Å². The number of H-pyrrole nitrogens is 2. The molecule has 9 heteroatoms. The van der Waals surface area contributed by atoms with Crippen LogP contribution in [0.1, 0.15) is 32.2 Å². The standard InChI is InChI=1S/C25H32N8O/c1-16-12-17-13-18(6-7-19(17)26-16)34-24-28-21(27-22-14-20(30-31-22)25(2,3)4)15-23(29-24)33-10-8-32(5)9-11-33/h6-7,12-15,26H,8-11H2,1-5H3,(H2,27,28,29,30,31). The Hall–Kier alpha value is -3.59. The molecule has 0 amide bonds. The lowest BCUT2D eigenvalue weighted by Crippen LogP contribution is -2.44. The van der Waals surface area contributed by atoms with E-state index in [2.05, 4.69) is 69.2 Å². The maximum atomic E-state index is 6.14. The number of nitrogens with one attached hydrogen (secondary N) is 3. The number of hydrogen-bond acceptors (Lipinski definition) is 7. The molecular weight excluding hydrogens is 428 g/mol. The molecule has 0 bridgehead atoms. The van der Waals surface area contributed by atoms with Gasteiger partial charge in [0.1, 0.15) is 17.4 Å². The number of aromatic nitrogens is 5. The van der Waals surface area contributed by atoms with Crippen molar-refractivity contribution >= 4 is 28.4 Å². The van der Waals surface area contributed by atoms with Crippen LogP contribution in [0.5, 0.6) is 11.8 Å². The number of aryl methyl sites for hydroxylation is 1. The Balaban J connectivity index is 1.45. The molecule has 3 N–H and O–H groups in total. The lowest BCUT2D eigenvalue weighted by atomic mass is 9.92. The average molecular weight is 461 g/mol. The summed E-state index contributed by atoms with van der Waals surface area (Å²) in [6, 6.07) is 12.3. The smallest absolute Gasteiger partial charge is 0.325 e. The molecule has 3 aromatic heterocycles. The summed E-state index contributed by atoms with van der Waals surface area (Å²) < 4.78 is 6.14. The molecular formula is C25H32N8O. The molecule has 0 atom stereocenters. The van der Waals surface area contributed by atoms with Crippen LogP contribution in [0, 0.1) is 6.92 Å². The van der Waals surface area contributed by atoms with Crippen LogP contribution in [0.3, 0.4) is 0 Å². The van der Waals surface area contributed by atoms with Gasteiger partial charge in [0, 0.05) is 66.0 Å². The third-order valence-corrected chi connectivity index (χ3v) is 6.10. The van der Waals surface area contributed by atoms with E-state index in [4.69, 9.17) is 9.72 Å². The first-order valence-corrected chi connectivity index (χ1v) is 11.7. The van der Waals surface area contributed by atoms with E-state index in [9.17, 15) is 0 Å². The van der Waals surface area contributed by atoms with Gasteiger partial charge in [-0.1, -0.05) is 20.8 Å². The molecule has 1 saturated heterocycles. The van der Waals surface area contributed by atoms with Crippen molar-refractivity contribution in [1.29, 1.82) is 0 Å². The second kappa shape index (κ2) is 8.64. The van der Waals surface area contributed by atoms with Crippen LogP contribution in [0.25, 0.3) is 10.9 Å². The fraction of sp³-hybridized carbons (Fsp3) is 0.400. The SMILES string of the molecule is Cc1cc2cc(Oc3nc(Nc4cc(C(C)(C)C)[nH]n4)cc(N4CCN(C)CC4)n3)ccc2[nH]1.